The van der Waals surface area contributed by atoms with Crippen LogP contribution in [0.2, 0.25) is 0 Å². The van der Waals surface area contributed by atoms with Crippen LogP contribution in [0, 0.1) is 6.92 Å². The first-order valence-corrected chi connectivity index (χ1v) is 8.65. The van der Waals surface area contributed by atoms with E-state index >= 15 is 0 Å². The lowest BCUT2D eigenvalue weighted by molar-refractivity contribution is -0.123. The van der Waals surface area contributed by atoms with Crippen LogP contribution in [-0.2, 0) is 4.79 Å². The second-order valence-corrected chi connectivity index (χ2v) is 6.82. The van der Waals surface area contributed by atoms with Crippen molar-refractivity contribution < 1.29 is 9.90 Å². The van der Waals surface area contributed by atoms with Gasteiger partial charge in [-0.15, -0.1) is 11.3 Å². The van der Waals surface area contributed by atoms with Gasteiger partial charge in [0, 0.05) is 6.54 Å². The average molecular weight is 331 g/mol. The van der Waals surface area contributed by atoms with Crippen LogP contribution >= 0.6 is 11.3 Å². The first-order valence-electron chi connectivity index (χ1n) is 7.77. The predicted molar refractivity (Wildman–Crippen MR) is 91.3 cm³/mol. The van der Waals surface area contributed by atoms with Crippen LogP contribution in [0.5, 0.6) is 0 Å². The summed E-state index contributed by atoms with van der Waals surface area (Å²) < 4.78 is 0. The summed E-state index contributed by atoms with van der Waals surface area (Å²) in [6.07, 6.45) is 0.0466. The smallest absolute Gasteiger partial charge is 0.237 e. The van der Waals surface area contributed by atoms with Crippen LogP contribution in [0.15, 0.2) is 29.8 Å². The number of aliphatic hydroxyl groups excluding tert-OH is 1. The Kier molecular flexibility index (Phi) is 4.75. The van der Waals surface area contributed by atoms with E-state index in [0.29, 0.717) is 13.0 Å². The molecule has 23 heavy (non-hydrogen) atoms. The molecule has 0 bridgehead atoms. The molecule has 1 fully saturated rings. The summed E-state index contributed by atoms with van der Waals surface area (Å²) in [6.45, 7) is 4.46. The maximum atomic E-state index is 12.2. The van der Waals surface area contributed by atoms with Gasteiger partial charge in [0.15, 0.2) is 0 Å². The second kappa shape index (κ2) is 6.78. The van der Waals surface area contributed by atoms with Gasteiger partial charge in [0.05, 0.1) is 34.3 Å². The Morgan fingerprint density at radius 3 is 2.74 bits per heavy atom. The summed E-state index contributed by atoms with van der Waals surface area (Å²) >= 11 is 1.63. The summed E-state index contributed by atoms with van der Waals surface area (Å²) in [5.74, 6) is -0.0589. The molecule has 0 radical (unpaired) electrons. The van der Waals surface area contributed by atoms with Crippen molar-refractivity contribution in [2.24, 2.45) is 0 Å². The summed E-state index contributed by atoms with van der Waals surface area (Å²) in [4.78, 5) is 17.6. The van der Waals surface area contributed by atoms with Crippen LogP contribution in [0.1, 0.15) is 30.6 Å². The maximum Gasteiger partial charge on any atom is 0.237 e. The molecule has 2 aromatic rings. The topological polar surface area (TPSA) is 74.2 Å². The summed E-state index contributed by atoms with van der Waals surface area (Å²) in [5.41, 5.74) is 5.09. The first kappa shape index (κ1) is 16.1. The Bertz CT molecular complexity index is 683. The van der Waals surface area contributed by atoms with Gasteiger partial charge in [-0.1, -0.05) is 24.3 Å². The van der Waals surface area contributed by atoms with Crippen molar-refractivity contribution >= 4 is 17.2 Å². The summed E-state index contributed by atoms with van der Waals surface area (Å²) in [5, 5.41) is 15.5. The van der Waals surface area contributed by atoms with Crippen LogP contribution < -0.4 is 10.6 Å². The fraction of sp³-hybridized carbons (Fsp3) is 0.412. The molecule has 6 heteroatoms. The monoisotopic (exact) mass is 331 g/mol. The fourth-order valence-electron chi connectivity index (χ4n) is 2.82. The van der Waals surface area contributed by atoms with Crippen LogP contribution in [0.4, 0.5) is 0 Å². The average Bonchev–Trinajstić information content (AvgIpc) is 3.16. The normalized spacial score (nSPS) is 22.0. The van der Waals surface area contributed by atoms with Gasteiger partial charge in [-0.2, -0.15) is 0 Å². The highest BCUT2D eigenvalue weighted by Gasteiger charge is 2.28. The number of nitrogens with zero attached hydrogens (tertiary/aromatic N) is 1. The minimum atomic E-state index is -0.428. The lowest BCUT2D eigenvalue weighted by Crippen LogP contribution is -2.41. The van der Waals surface area contributed by atoms with Crippen molar-refractivity contribution in [2.75, 3.05) is 6.54 Å². The largest absolute Gasteiger partial charge is 0.392 e. The van der Waals surface area contributed by atoms with Crippen LogP contribution in [0.25, 0.3) is 10.4 Å². The quantitative estimate of drug-likeness (QED) is 0.801. The molecule has 2 heterocycles. The standard InChI is InChI=1S/C17H21N3O2S/c1-10(20-17(22)15-7-14(21)8-18-15)12-3-5-13(6-4-12)16-11(2)19-9-23-16/h3-6,9-10,14-15,18,21H,7-8H2,1-2H3,(H,20,22)/t10-,14?,15+/m0/s1. The minimum absolute atomic E-state index is 0.0589. The van der Waals surface area contributed by atoms with E-state index in [2.05, 4.69) is 27.8 Å². The van der Waals surface area contributed by atoms with Crippen molar-refractivity contribution in [2.45, 2.75) is 38.5 Å². The van der Waals surface area contributed by atoms with Crippen LogP contribution in [-0.4, -0.2) is 34.7 Å². The molecule has 3 atom stereocenters. The van der Waals surface area contributed by atoms with Crippen molar-refractivity contribution in [3.05, 3.63) is 41.0 Å². The highest BCUT2D eigenvalue weighted by molar-refractivity contribution is 7.13. The number of β-amino-alcohol motifs (C(OH)–C–C–N with tert-alkyl or cyclic N) is 1. The molecule has 3 N–H and O–H groups in total. The lowest BCUT2D eigenvalue weighted by Gasteiger charge is -2.18. The lowest BCUT2D eigenvalue weighted by atomic mass is 10.0. The fourth-order valence-corrected chi connectivity index (χ4v) is 3.63. The zero-order chi connectivity index (χ0) is 16.4. The Hall–Kier alpha value is -1.76. The molecule has 1 aliphatic rings. The highest BCUT2D eigenvalue weighted by atomic mass is 32.1. The Balaban J connectivity index is 1.65. The number of amides is 1. The number of aliphatic hydroxyl groups is 1. The Morgan fingerprint density at radius 1 is 1.43 bits per heavy atom. The second-order valence-electron chi connectivity index (χ2n) is 5.97. The van der Waals surface area contributed by atoms with Gasteiger partial charge in [-0.25, -0.2) is 4.98 Å². The molecule has 5 nitrogen and oxygen atoms in total. The molecular formula is C17H21N3O2S. The molecule has 1 aliphatic heterocycles. The molecule has 0 aliphatic carbocycles. The van der Waals surface area contributed by atoms with Gasteiger partial charge in [0.1, 0.15) is 0 Å². The number of hydrogen-bond acceptors (Lipinski definition) is 5. The van der Waals surface area contributed by atoms with Gasteiger partial charge >= 0.3 is 0 Å². The number of hydrogen-bond donors (Lipinski definition) is 3. The van der Waals surface area contributed by atoms with E-state index in [1.807, 2.05) is 31.5 Å². The molecule has 1 aromatic heterocycles. The van der Waals surface area contributed by atoms with Gasteiger partial charge in [0.2, 0.25) is 5.91 Å². The maximum absolute atomic E-state index is 12.2. The number of nitrogens with one attached hydrogen (secondary N) is 2. The Labute approximate surface area is 139 Å². The number of rotatable bonds is 4. The van der Waals surface area contributed by atoms with E-state index < -0.39 is 6.10 Å². The number of benzene rings is 1. The van der Waals surface area contributed by atoms with Gasteiger partial charge in [-0.05, 0) is 31.4 Å². The molecule has 122 valence electrons. The van der Waals surface area contributed by atoms with Gasteiger partial charge < -0.3 is 15.7 Å². The minimum Gasteiger partial charge on any atom is -0.392 e. The molecule has 1 unspecified atom stereocenters. The zero-order valence-corrected chi connectivity index (χ0v) is 14.1. The van der Waals surface area contributed by atoms with E-state index in [4.69, 9.17) is 0 Å². The third-order valence-electron chi connectivity index (χ3n) is 4.20. The van der Waals surface area contributed by atoms with Crippen LogP contribution in [0.3, 0.4) is 0 Å². The van der Waals surface area contributed by atoms with Crippen molar-refractivity contribution in [3.63, 3.8) is 0 Å². The zero-order valence-electron chi connectivity index (χ0n) is 13.2. The van der Waals surface area contributed by atoms with E-state index in [-0.39, 0.29) is 18.0 Å². The molecule has 1 amide bonds. The number of thiazole rings is 1. The van der Waals surface area contributed by atoms with Crippen molar-refractivity contribution in [3.8, 4) is 10.4 Å². The predicted octanol–water partition coefficient (Wildman–Crippen LogP) is 2.02. The summed E-state index contributed by atoms with van der Waals surface area (Å²) in [6, 6.07) is 7.84. The number of carbonyl (C=O) groups is 1. The van der Waals surface area contributed by atoms with E-state index in [1.165, 1.54) is 4.88 Å². The molecule has 0 saturated carbocycles. The summed E-state index contributed by atoms with van der Waals surface area (Å²) in [7, 11) is 0. The molecular weight excluding hydrogens is 310 g/mol. The third kappa shape index (κ3) is 3.60. The van der Waals surface area contributed by atoms with E-state index in [1.54, 1.807) is 11.3 Å². The van der Waals surface area contributed by atoms with Crippen molar-refractivity contribution in [1.29, 1.82) is 0 Å². The van der Waals surface area contributed by atoms with E-state index in [9.17, 15) is 9.90 Å². The highest BCUT2D eigenvalue weighted by Crippen LogP contribution is 2.28. The SMILES string of the molecule is Cc1ncsc1-c1ccc([C@H](C)NC(=O)[C@H]2CC(O)CN2)cc1. The van der Waals surface area contributed by atoms with Gasteiger partial charge in [0.25, 0.3) is 0 Å². The van der Waals surface area contributed by atoms with Gasteiger partial charge in [-0.3, -0.25) is 4.79 Å². The molecule has 1 saturated heterocycles. The molecule has 1 aromatic carbocycles. The molecule has 0 spiro atoms. The van der Waals surface area contributed by atoms with E-state index in [0.717, 1.165) is 16.8 Å². The van der Waals surface area contributed by atoms with Crippen molar-refractivity contribution in [1.82, 2.24) is 15.6 Å². The number of aryl methyl sites for hydroxylation is 1. The molecule has 3 rings (SSSR count). The first-order chi connectivity index (χ1) is 11.0. The number of carbonyl (C=O) groups excluding carboxylic acids is 1. The Morgan fingerprint density at radius 2 is 2.17 bits per heavy atom. The third-order valence-corrected chi connectivity index (χ3v) is 5.18. The number of aromatic nitrogens is 1.